The quantitative estimate of drug-likeness (QED) is 0.498. The molecule has 1 aliphatic rings. The summed E-state index contributed by atoms with van der Waals surface area (Å²) in [5.74, 6) is 1.71. The highest BCUT2D eigenvalue weighted by atomic mass is 16.7. The van der Waals surface area contributed by atoms with Crippen molar-refractivity contribution in [3.63, 3.8) is 0 Å². The normalized spacial score (nSPS) is 9.00. The third kappa shape index (κ3) is 11.6. The molecule has 0 unspecified atom stereocenters. The minimum atomic E-state index is 0. The molecule has 0 aromatic heterocycles. The van der Waals surface area contributed by atoms with Crippen molar-refractivity contribution in [2.24, 2.45) is 0 Å². The van der Waals surface area contributed by atoms with E-state index in [0.29, 0.717) is 6.79 Å². The summed E-state index contributed by atoms with van der Waals surface area (Å²) in [6.07, 6.45) is 0. The lowest BCUT2D eigenvalue weighted by atomic mass is 10.2. The average molecular weight is 335 g/mol. The molecule has 138 valence electrons. The highest BCUT2D eigenvalue weighted by Crippen LogP contribution is 2.31. The fourth-order valence-corrected chi connectivity index (χ4v) is 1.54. The van der Waals surface area contributed by atoms with Crippen LogP contribution in [0.3, 0.4) is 0 Å². The second-order valence-electron chi connectivity index (χ2n) is 4.01. The van der Waals surface area contributed by atoms with Crippen LogP contribution in [0, 0.1) is 13.8 Å². The molecule has 0 saturated carbocycles. The zero-order chi connectivity index (χ0) is 18.1. The van der Waals surface area contributed by atoms with Gasteiger partial charge in [-0.15, -0.1) is 0 Å². The van der Waals surface area contributed by atoms with Gasteiger partial charge in [0.2, 0.25) is 6.79 Å². The van der Waals surface area contributed by atoms with E-state index in [0.717, 1.165) is 11.5 Å². The maximum Gasteiger partial charge on any atom is 0.231 e. The number of hydrogen-bond donors (Lipinski definition) is 0. The minimum Gasteiger partial charge on any atom is -0.454 e. The van der Waals surface area contributed by atoms with E-state index in [9.17, 15) is 0 Å². The van der Waals surface area contributed by atoms with Gasteiger partial charge in [-0.3, -0.25) is 0 Å². The monoisotopic (exact) mass is 334 g/mol. The van der Waals surface area contributed by atoms with Gasteiger partial charge in [-0.1, -0.05) is 90.9 Å². The highest BCUT2D eigenvalue weighted by Gasteiger charge is 2.11. The molecule has 0 bridgehead atoms. The molecule has 0 amide bonds. The van der Waals surface area contributed by atoms with Gasteiger partial charge in [-0.05, 0) is 31.5 Å². The third-order valence-corrected chi connectivity index (χ3v) is 2.47. The Morgan fingerprint density at radius 1 is 0.625 bits per heavy atom. The summed E-state index contributed by atoms with van der Waals surface area (Å²) in [6.45, 7) is 16.5. The van der Waals surface area contributed by atoms with Gasteiger partial charge in [-0.2, -0.15) is 0 Å². The minimum absolute atomic E-state index is 0. The number of ether oxygens (including phenoxy) is 2. The molecule has 0 spiro atoms. The Morgan fingerprint density at radius 3 is 1.58 bits per heavy atom. The van der Waals surface area contributed by atoms with Crippen molar-refractivity contribution in [1.82, 2.24) is 0 Å². The van der Waals surface area contributed by atoms with Gasteiger partial charge in [0.1, 0.15) is 0 Å². The summed E-state index contributed by atoms with van der Waals surface area (Å²) in [5.41, 5.74) is 2.52. The van der Waals surface area contributed by atoms with E-state index in [1.54, 1.807) is 0 Å². The van der Waals surface area contributed by atoms with Gasteiger partial charge in [0, 0.05) is 0 Å². The van der Waals surface area contributed by atoms with Crippen LogP contribution in [0.25, 0.3) is 0 Å². The Kier molecular flexibility index (Phi) is 21.4. The predicted molar refractivity (Wildman–Crippen MR) is 109 cm³/mol. The van der Waals surface area contributed by atoms with Crippen molar-refractivity contribution in [3.05, 3.63) is 59.7 Å². The fraction of sp³-hybridized carbons (Fsp3) is 0.455. The molecule has 0 N–H and O–H groups in total. The molecule has 3 rings (SSSR count). The predicted octanol–water partition coefficient (Wildman–Crippen LogP) is 7.43. The summed E-state index contributed by atoms with van der Waals surface area (Å²) >= 11 is 0. The Bertz CT molecular complexity index is 479. The largest absolute Gasteiger partial charge is 0.454 e. The molecule has 0 aliphatic carbocycles. The molecule has 24 heavy (non-hydrogen) atoms. The van der Waals surface area contributed by atoms with E-state index in [1.165, 1.54) is 11.1 Å². The Balaban J connectivity index is -0.000000280. The van der Waals surface area contributed by atoms with E-state index in [4.69, 9.17) is 9.47 Å². The molecule has 1 aliphatic heterocycles. The average Bonchev–Trinajstić information content (AvgIpc) is 3.09. The van der Waals surface area contributed by atoms with Crippen LogP contribution >= 0.6 is 0 Å². The van der Waals surface area contributed by atoms with Crippen LogP contribution in [0.15, 0.2) is 48.5 Å². The van der Waals surface area contributed by atoms with Gasteiger partial charge >= 0.3 is 0 Å². The molecular weight excluding hydrogens is 296 g/mol. The standard InChI is InChI=1S/C8H8O2.C7H8.3C2H6.CH4/c1-6-2-3-7-8(4-6)10-5-9-7;1-7-5-3-2-4-6-7;3*1-2;/h2-4H,5H2,1H3;2-6H,1H3;3*1-2H3;1H4. The Morgan fingerprint density at radius 2 is 1.12 bits per heavy atom. The number of fused-ring (bicyclic) bond motifs is 1. The van der Waals surface area contributed by atoms with Crippen molar-refractivity contribution in [2.45, 2.75) is 62.8 Å². The summed E-state index contributed by atoms with van der Waals surface area (Å²) in [6, 6.07) is 16.2. The zero-order valence-electron chi connectivity index (χ0n) is 16.1. The first-order valence-corrected chi connectivity index (χ1v) is 8.63. The molecule has 2 aromatic rings. The van der Waals surface area contributed by atoms with Crippen molar-refractivity contribution in [3.8, 4) is 11.5 Å². The van der Waals surface area contributed by atoms with E-state index >= 15 is 0 Å². The van der Waals surface area contributed by atoms with Crippen molar-refractivity contribution in [2.75, 3.05) is 6.79 Å². The zero-order valence-corrected chi connectivity index (χ0v) is 16.1. The van der Waals surface area contributed by atoms with Crippen LogP contribution in [0.4, 0.5) is 0 Å². The molecule has 0 fully saturated rings. The lowest BCUT2D eigenvalue weighted by Crippen LogP contribution is -1.92. The molecular formula is C22H38O2. The number of aryl methyl sites for hydroxylation is 2. The van der Waals surface area contributed by atoms with Gasteiger partial charge in [0.15, 0.2) is 11.5 Å². The van der Waals surface area contributed by atoms with Crippen LogP contribution in [-0.2, 0) is 0 Å². The van der Waals surface area contributed by atoms with Crippen molar-refractivity contribution < 1.29 is 9.47 Å². The molecule has 0 atom stereocenters. The second-order valence-corrected chi connectivity index (χ2v) is 4.01. The maximum atomic E-state index is 5.16. The number of hydrogen-bond acceptors (Lipinski definition) is 2. The summed E-state index contributed by atoms with van der Waals surface area (Å²) in [5, 5.41) is 0. The van der Waals surface area contributed by atoms with Crippen molar-refractivity contribution >= 4 is 0 Å². The van der Waals surface area contributed by atoms with Crippen LogP contribution in [0.1, 0.15) is 60.1 Å². The maximum absolute atomic E-state index is 5.16. The number of benzene rings is 2. The van der Waals surface area contributed by atoms with Crippen LogP contribution in [0.2, 0.25) is 0 Å². The lowest BCUT2D eigenvalue weighted by molar-refractivity contribution is 0.174. The summed E-state index contributed by atoms with van der Waals surface area (Å²) in [7, 11) is 0. The van der Waals surface area contributed by atoms with Gasteiger partial charge in [0.25, 0.3) is 0 Å². The molecule has 1 heterocycles. The highest BCUT2D eigenvalue weighted by molar-refractivity contribution is 5.43. The van der Waals surface area contributed by atoms with Crippen molar-refractivity contribution in [1.29, 1.82) is 0 Å². The van der Waals surface area contributed by atoms with Crippen LogP contribution in [-0.4, -0.2) is 6.79 Å². The first-order chi connectivity index (χ1) is 11.3. The Labute approximate surface area is 150 Å². The second kappa shape index (κ2) is 19.1. The van der Waals surface area contributed by atoms with Gasteiger partial charge in [-0.25, -0.2) is 0 Å². The third-order valence-electron chi connectivity index (χ3n) is 2.47. The van der Waals surface area contributed by atoms with E-state index < -0.39 is 0 Å². The summed E-state index contributed by atoms with van der Waals surface area (Å²) < 4.78 is 10.3. The first kappa shape index (κ1) is 26.9. The van der Waals surface area contributed by atoms with Crippen LogP contribution in [0.5, 0.6) is 11.5 Å². The molecule has 0 saturated heterocycles. The van der Waals surface area contributed by atoms with E-state index in [2.05, 4.69) is 19.1 Å². The fourth-order valence-electron chi connectivity index (χ4n) is 1.54. The number of rotatable bonds is 0. The molecule has 2 heteroatoms. The molecule has 2 nitrogen and oxygen atoms in total. The first-order valence-electron chi connectivity index (χ1n) is 8.63. The summed E-state index contributed by atoms with van der Waals surface area (Å²) in [4.78, 5) is 0. The van der Waals surface area contributed by atoms with Crippen LogP contribution < -0.4 is 9.47 Å². The molecule has 2 aromatic carbocycles. The SMILES string of the molecule is C.CC.CC.CC.Cc1ccc2c(c1)OCO2.Cc1ccccc1. The molecule has 0 radical (unpaired) electrons. The smallest absolute Gasteiger partial charge is 0.231 e. The van der Waals surface area contributed by atoms with Gasteiger partial charge < -0.3 is 9.47 Å². The topological polar surface area (TPSA) is 18.5 Å². The Hall–Kier alpha value is -1.96. The van der Waals surface area contributed by atoms with E-state index in [-0.39, 0.29) is 7.43 Å². The lowest BCUT2D eigenvalue weighted by Gasteiger charge is -1.94. The van der Waals surface area contributed by atoms with E-state index in [1.807, 2.05) is 84.9 Å². The van der Waals surface area contributed by atoms with Gasteiger partial charge in [0.05, 0.1) is 0 Å².